The number of nitrogens with two attached hydrogens (primary N) is 1. The summed E-state index contributed by atoms with van der Waals surface area (Å²) >= 11 is 0. The fourth-order valence-electron chi connectivity index (χ4n) is 2.34. The number of anilines is 1. The molecule has 23 heavy (non-hydrogen) atoms. The van der Waals surface area contributed by atoms with Crippen molar-refractivity contribution < 1.29 is 9.45 Å². The lowest BCUT2D eigenvalue weighted by Crippen LogP contribution is -1.93. The first-order valence-electron chi connectivity index (χ1n) is 6.92. The monoisotopic (exact) mass is 310 g/mol. The number of hydrogen-bond acceptors (Lipinski definition) is 6. The van der Waals surface area contributed by atoms with Crippen molar-refractivity contribution in [1.82, 2.24) is 10.1 Å². The highest BCUT2D eigenvalue weighted by atomic mass is 16.6. The average molecular weight is 310 g/mol. The molecule has 1 heterocycles. The molecule has 0 unspecified atom stereocenters. The molecule has 0 aliphatic rings. The van der Waals surface area contributed by atoms with Crippen molar-refractivity contribution in [3.8, 4) is 22.8 Å². The maximum absolute atomic E-state index is 10.9. The summed E-state index contributed by atoms with van der Waals surface area (Å²) in [5, 5.41) is 14.8. The normalized spacial score (nSPS) is 10.7. The van der Waals surface area contributed by atoms with Crippen LogP contribution in [0.1, 0.15) is 11.1 Å². The van der Waals surface area contributed by atoms with Gasteiger partial charge in [0, 0.05) is 28.4 Å². The highest BCUT2D eigenvalue weighted by molar-refractivity contribution is 5.69. The van der Waals surface area contributed by atoms with E-state index in [1.54, 1.807) is 25.1 Å². The van der Waals surface area contributed by atoms with Crippen molar-refractivity contribution in [3.05, 3.63) is 57.6 Å². The maximum Gasteiger partial charge on any atom is 0.272 e. The van der Waals surface area contributed by atoms with E-state index in [1.165, 1.54) is 6.07 Å². The lowest BCUT2D eigenvalue weighted by Gasteiger charge is -2.03. The lowest BCUT2D eigenvalue weighted by atomic mass is 10.1. The first-order valence-corrected chi connectivity index (χ1v) is 6.92. The van der Waals surface area contributed by atoms with Gasteiger partial charge in [0.25, 0.3) is 11.6 Å². The fourth-order valence-corrected chi connectivity index (χ4v) is 2.34. The van der Waals surface area contributed by atoms with Gasteiger partial charge in [0.1, 0.15) is 0 Å². The van der Waals surface area contributed by atoms with Gasteiger partial charge in [0.15, 0.2) is 0 Å². The molecule has 7 nitrogen and oxygen atoms in total. The lowest BCUT2D eigenvalue weighted by molar-refractivity contribution is -0.385. The topological polar surface area (TPSA) is 108 Å². The molecule has 0 amide bonds. The Morgan fingerprint density at radius 1 is 1.22 bits per heavy atom. The molecule has 0 aliphatic heterocycles. The zero-order valence-corrected chi connectivity index (χ0v) is 12.6. The summed E-state index contributed by atoms with van der Waals surface area (Å²) in [6, 6.07) is 10.2. The first-order chi connectivity index (χ1) is 11.0. The van der Waals surface area contributed by atoms with Crippen LogP contribution >= 0.6 is 0 Å². The Morgan fingerprint density at radius 2 is 2.00 bits per heavy atom. The third-order valence-corrected chi connectivity index (χ3v) is 3.68. The molecular weight excluding hydrogens is 296 g/mol. The molecule has 7 heteroatoms. The molecule has 3 rings (SSSR count). The van der Waals surface area contributed by atoms with Crippen molar-refractivity contribution in [2.45, 2.75) is 13.8 Å². The van der Waals surface area contributed by atoms with E-state index in [0.717, 1.165) is 11.1 Å². The number of nitro groups is 1. The van der Waals surface area contributed by atoms with E-state index in [-0.39, 0.29) is 5.69 Å². The minimum absolute atomic E-state index is 0.0557. The highest BCUT2D eigenvalue weighted by Crippen LogP contribution is 2.29. The molecule has 116 valence electrons. The molecule has 0 aliphatic carbocycles. The number of rotatable bonds is 3. The number of benzene rings is 2. The Morgan fingerprint density at radius 3 is 2.70 bits per heavy atom. The predicted octanol–water partition coefficient (Wildman–Crippen LogP) is 3.51. The third kappa shape index (κ3) is 2.64. The van der Waals surface area contributed by atoms with Crippen molar-refractivity contribution >= 4 is 11.4 Å². The molecule has 2 N–H and O–H groups in total. The van der Waals surface area contributed by atoms with Crippen molar-refractivity contribution in [3.63, 3.8) is 0 Å². The Kier molecular flexibility index (Phi) is 3.53. The number of aromatic nitrogens is 2. The van der Waals surface area contributed by atoms with Crippen molar-refractivity contribution in [2.24, 2.45) is 0 Å². The van der Waals surface area contributed by atoms with E-state index in [4.69, 9.17) is 10.3 Å². The molecule has 0 radical (unpaired) electrons. The fraction of sp³-hybridized carbons (Fsp3) is 0.125. The van der Waals surface area contributed by atoms with Crippen LogP contribution in [0.5, 0.6) is 0 Å². The summed E-state index contributed by atoms with van der Waals surface area (Å²) in [5.41, 5.74) is 9.43. The second kappa shape index (κ2) is 5.53. The zero-order chi connectivity index (χ0) is 16.6. The molecule has 0 saturated heterocycles. The highest BCUT2D eigenvalue weighted by Gasteiger charge is 2.16. The van der Waals surface area contributed by atoms with E-state index < -0.39 is 4.92 Å². The van der Waals surface area contributed by atoms with E-state index in [2.05, 4.69) is 10.1 Å². The number of hydrogen-bond donors (Lipinski definition) is 1. The molecule has 0 fully saturated rings. The zero-order valence-electron chi connectivity index (χ0n) is 12.6. The van der Waals surface area contributed by atoms with Crippen LogP contribution in [0.3, 0.4) is 0 Å². The van der Waals surface area contributed by atoms with Gasteiger partial charge in [-0.15, -0.1) is 0 Å². The minimum Gasteiger partial charge on any atom is -0.398 e. The third-order valence-electron chi connectivity index (χ3n) is 3.68. The van der Waals surface area contributed by atoms with Gasteiger partial charge in [-0.1, -0.05) is 17.3 Å². The van der Waals surface area contributed by atoms with Crippen LogP contribution in [0, 0.1) is 24.0 Å². The summed E-state index contributed by atoms with van der Waals surface area (Å²) in [6.45, 7) is 3.55. The second-order valence-electron chi connectivity index (χ2n) is 5.20. The van der Waals surface area contributed by atoms with Crippen LogP contribution in [0.2, 0.25) is 0 Å². The molecule has 0 saturated carbocycles. The molecule has 2 aromatic carbocycles. The van der Waals surface area contributed by atoms with Gasteiger partial charge in [-0.25, -0.2) is 0 Å². The predicted molar refractivity (Wildman–Crippen MR) is 85.7 cm³/mol. The molecule has 0 atom stereocenters. The number of nitro benzene ring substituents is 1. The van der Waals surface area contributed by atoms with Crippen LogP contribution in [0.25, 0.3) is 22.8 Å². The van der Waals surface area contributed by atoms with E-state index in [9.17, 15) is 10.1 Å². The Hall–Kier alpha value is -3.22. The molecule has 0 spiro atoms. The molecule has 3 aromatic rings. The van der Waals surface area contributed by atoms with Gasteiger partial charge in [-0.2, -0.15) is 4.98 Å². The van der Waals surface area contributed by atoms with Crippen molar-refractivity contribution in [1.29, 1.82) is 0 Å². The van der Waals surface area contributed by atoms with Crippen LogP contribution < -0.4 is 5.73 Å². The number of nitrogens with zero attached hydrogens (tertiary/aromatic N) is 3. The standard InChI is InChI=1S/C16H14N4O3/c1-9-8-11(6-7-14(9)20(21)22)16-18-15(19-23-16)12-4-3-5-13(17)10(12)2/h3-8H,17H2,1-2H3. The van der Waals surface area contributed by atoms with E-state index in [0.29, 0.717) is 28.5 Å². The minimum atomic E-state index is -0.422. The summed E-state index contributed by atoms with van der Waals surface area (Å²) in [6.07, 6.45) is 0. The molecule has 1 aromatic heterocycles. The van der Waals surface area contributed by atoms with Gasteiger partial charge in [-0.05, 0) is 37.6 Å². The van der Waals surface area contributed by atoms with E-state index in [1.807, 2.05) is 19.1 Å². The Labute approximate surface area is 131 Å². The van der Waals surface area contributed by atoms with E-state index >= 15 is 0 Å². The number of nitrogen functional groups attached to an aromatic ring is 1. The molecule has 0 bridgehead atoms. The first kappa shape index (κ1) is 14.7. The molecular formula is C16H14N4O3. The SMILES string of the molecule is Cc1cc(-c2nc(-c3cccc(N)c3C)no2)ccc1[N+](=O)[O-]. The van der Waals surface area contributed by atoms with Gasteiger partial charge >= 0.3 is 0 Å². The van der Waals surface area contributed by atoms with Gasteiger partial charge in [0.05, 0.1) is 4.92 Å². The summed E-state index contributed by atoms with van der Waals surface area (Å²) in [5.74, 6) is 0.737. The second-order valence-corrected chi connectivity index (χ2v) is 5.20. The summed E-state index contributed by atoms with van der Waals surface area (Å²) in [4.78, 5) is 14.8. The quantitative estimate of drug-likeness (QED) is 0.450. The number of aryl methyl sites for hydroxylation is 1. The van der Waals surface area contributed by atoms with Gasteiger partial charge in [-0.3, -0.25) is 10.1 Å². The Bertz CT molecular complexity index is 902. The maximum atomic E-state index is 10.9. The van der Waals surface area contributed by atoms with Crippen LogP contribution in [0.15, 0.2) is 40.9 Å². The van der Waals surface area contributed by atoms with Crippen LogP contribution in [-0.2, 0) is 0 Å². The van der Waals surface area contributed by atoms with Gasteiger partial charge in [0.2, 0.25) is 5.82 Å². The Balaban J connectivity index is 2.01. The van der Waals surface area contributed by atoms with Gasteiger partial charge < -0.3 is 10.3 Å². The van der Waals surface area contributed by atoms with Crippen molar-refractivity contribution in [2.75, 3.05) is 5.73 Å². The smallest absolute Gasteiger partial charge is 0.272 e. The van der Waals surface area contributed by atoms with Crippen LogP contribution in [0.4, 0.5) is 11.4 Å². The summed E-state index contributed by atoms with van der Waals surface area (Å²) in [7, 11) is 0. The van der Waals surface area contributed by atoms with Crippen LogP contribution in [-0.4, -0.2) is 15.1 Å². The summed E-state index contributed by atoms with van der Waals surface area (Å²) < 4.78 is 5.28. The average Bonchev–Trinajstić information content (AvgIpc) is 2.99. The largest absolute Gasteiger partial charge is 0.398 e.